The van der Waals surface area contributed by atoms with Crippen LogP contribution in [-0.4, -0.2) is 40.9 Å². The van der Waals surface area contributed by atoms with Crippen LogP contribution in [0.2, 0.25) is 0 Å². The molecule has 0 radical (unpaired) electrons. The van der Waals surface area contributed by atoms with E-state index in [1.807, 2.05) is 54.6 Å². The summed E-state index contributed by atoms with van der Waals surface area (Å²) in [7, 11) is 0. The molecular weight excluding hydrogens is 450 g/mol. The Balaban J connectivity index is 1.49. The molecule has 1 aliphatic heterocycles. The van der Waals surface area contributed by atoms with Gasteiger partial charge in [0.15, 0.2) is 0 Å². The molecule has 0 aliphatic carbocycles. The third kappa shape index (κ3) is 5.29. The number of amides is 1. The fraction of sp³-hybridized carbons (Fsp3) is 0.273. The number of imidazole rings is 1. The normalized spacial score (nSPS) is 16.1. The minimum Gasteiger partial charge on any atom is -0.376 e. The summed E-state index contributed by atoms with van der Waals surface area (Å²) in [5.41, 5.74) is 2.98. The number of nitrogens with one attached hydrogen (secondary N) is 2. The molecule has 1 saturated heterocycles. The number of benzene rings is 2. The number of nitrogens with zero attached hydrogens (tertiary/aromatic N) is 1. The van der Waals surface area contributed by atoms with Gasteiger partial charge in [-0.3, -0.25) is 4.79 Å². The first kappa shape index (κ1) is 20.2. The molecule has 2 N–H and O–H groups in total. The number of aromatic amines is 1. The van der Waals surface area contributed by atoms with Gasteiger partial charge >= 0.3 is 0 Å². The minimum atomic E-state index is -0.00213. The summed E-state index contributed by atoms with van der Waals surface area (Å²) in [5.74, 6) is 1.10. The Morgan fingerprint density at radius 2 is 1.97 bits per heavy atom. The Morgan fingerprint density at radius 3 is 2.69 bits per heavy atom. The van der Waals surface area contributed by atoms with E-state index in [-0.39, 0.29) is 12.0 Å². The van der Waals surface area contributed by atoms with Crippen LogP contribution in [0.3, 0.4) is 0 Å². The maximum atomic E-state index is 12.3. The largest absolute Gasteiger partial charge is 0.376 e. The lowest BCUT2D eigenvalue weighted by Crippen LogP contribution is -2.32. The summed E-state index contributed by atoms with van der Waals surface area (Å²) in [6.45, 7) is 1.37. The Morgan fingerprint density at radius 1 is 1.17 bits per heavy atom. The van der Waals surface area contributed by atoms with E-state index < -0.39 is 0 Å². The van der Waals surface area contributed by atoms with Crippen LogP contribution in [0.4, 0.5) is 0 Å². The van der Waals surface area contributed by atoms with E-state index in [1.165, 1.54) is 11.8 Å². The second kappa shape index (κ2) is 9.61. The van der Waals surface area contributed by atoms with Crippen molar-refractivity contribution in [1.29, 1.82) is 0 Å². The molecule has 0 spiro atoms. The molecule has 7 heteroatoms. The highest BCUT2D eigenvalue weighted by atomic mass is 79.9. The number of halogens is 1. The van der Waals surface area contributed by atoms with Gasteiger partial charge in [0.1, 0.15) is 10.9 Å². The number of ether oxygens (including phenoxy) is 1. The number of carbonyl (C=O) groups is 1. The van der Waals surface area contributed by atoms with Gasteiger partial charge in [0, 0.05) is 28.8 Å². The van der Waals surface area contributed by atoms with Gasteiger partial charge < -0.3 is 15.0 Å². The topological polar surface area (TPSA) is 67.0 Å². The van der Waals surface area contributed by atoms with Crippen molar-refractivity contribution in [3.63, 3.8) is 0 Å². The van der Waals surface area contributed by atoms with Crippen molar-refractivity contribution in [3.8, 4) is 22.6 Å². The molecule has 1 amide bonds. The van der Waals surface area contributed by atoms with Crippen LogP contribution in [0, 0.1) is 0 Å². The van der Waals surface area contributed by atoms with Gasteiger partial charge in [0.2, 0.25) is 5.91 Å². The van der Waals surface area contributed by atoms with Crippen LogP contribution in [0.5, 0.6) is 0 Å². The molecule has 29 heavy (non-hydrogen) atoms. The predicted octanol–water partition coefficient (Wildman–Crippen LogP) is 4.89. The number of rotatable bonds is 7. The molecule has 1 aliphatic rings. The molecule has 5 nitrogen and oxygen atoms in total. The van der Waals surface area contributed by atoms with E-state index in [4.69, 9.17) is 9.72 Å². The molecule has 150 valence electrons. The first-order valence-electron chi connectivity index (χ1n) is 9.61. The lowest BCUT2D eigenvalue weighted by molar-refractivity contribution is -0.119. The zero-order valence-electron chi connectivity index (χ0n) is 15.9. The van der Waals surface area contributed by atoms with Crippen molar-refractivity contribution in [2.45, 2.75) is 24.0 Å². The fourth-order valence-electron chi connectivity index (χ4n) is 3.22. The van der Waals surface area contributed by atoms with Gasteiger partial charge in [-0.15, -0.1) is 0 Å². The van der Waals surface area contributed by atoms with Gasteiger partial charge in [0.25, 0.3) is 0 Å². The molecule has 0 saturated carbocycles. The second-order valence-corrected chi connectivity index (χ2v) is 8.75. The lowest BCUT2D eigenvalue weighted by Gasteiger charge is -2.10. The van der Waals surface area contributed by atoms with Gasteiger partial charge in [0.05, 0.1) is 17.6 Å². The zero-order chi connectivity index (χ0) is 20.1. The van der Waals surface area contributed by atoms with E-state index in [1.54, 1.807) is 0 Å². The van der Waals surface area contributed by atoms with Crippen molar-refractivity contribution in [1.82, 2.24) is 15.3 Å². The monoisotopic (exact) mass is 471 g/mol. The number of hydrogen-bond acceptors (Lipinski definition) is 4. The first-order valence-corrected chi connectivity index (χ1v) is 11.4. The highest BCUT2D eigenvalue weighted by Gasteiger charge is 2.18. The molecule has 2 aromatic carbocycles. The Bertz CT molecular complexity index is 954. The van der Waals surface area contributed by atoms with Crippen LogP contribution in [-0.2, 0) is 9.53 Å². The maximum absolute atomic E-state index is 12.3. The van der Waals surface area contributed by atoms with Gasteiger partial charge in [-0.05, 0) is 25.0 Å². The van der Waals surface area contributed by atoms with Crippen molar-refractivity contribution in [2.24, 2.45) is 0 Å². The maximum Gasteiger partial charge on any atom is 0.230 e. The van der Waals surface area contributed by atoms with Crippen LogP contribution in [0.25, 0.3) is 22.6 Å². The fourth-order valence-corrected chi connectivity index (χ4v) is 4.33. The zero-order valence-corrected chi connectivity index (χ0v) is 18.3. The molecule has 0 unspecified atom stereocenters. The second-order valence-electron chi connectivity index (χ2n) is 6.87. The smallest absolute Gasteiger partial charge is 0.230 e. The van der Waals surface area contributed by atoms with E-state index >= 15 is 0 Å². The highest BCUT2D eigenvalue weighted by Crippen LogP contribution is 2.32. The lowest BCUT2D eigenvalue weighted by atomic mass is 10.2. The number of H-pyrrole nitrogens is 1. The Labute approximate surface area is 182 Å². The van der Waals surface area contributed by atoms with E-state index in [0.717, 1.165) is 51.6 Å². The average molecular weight is 472 g/mol. The molecule has 1 aromatic heterocycles. The number of carbonyl (C=O) groups excluding carboxylic acids is 1. The van der Waals surface area contributed by atoms with Crippen LogP contribution >= 0.6 is 27.7 Å². The average Bonchev–Trinajstić information content (AvgIpc) is 3.42. The first-order chi connectivity index (χ1) is 14.2. The van der Waals surface area contributed by atoms with Gasteiger partial charge in [-0.1, -0.05) is 70.2 Å². The summed E-state index contributed by atoms with van der Waals surface area (Å²) < 4.78 is 6.58. The highest BCUT2D eigenvalue weighted by molar-refractivity contribution is 9.10. The third-order valence-corrected chi connectivity index (χ3v) is 6.25. The molecule has 4 rings (SSSR count). The molecule has 1 atom stereocenters. The minimum absolute atomic E-state index is 0.00213. The summed E-state index contributed by atoms with van der Waals surface area (Å²) in [6.07, 6.45) is 2.24. The number of hydrogen-bond donors (Lipinski definition) is 2. The Hall–Kier alpha value is -2.09. The molecule has 3 aromatic rings. The van der Waals surface area contributed by atoms with E-state index in [2.05, 4.69) is 26.2 Å². The van der Waals surface area contributed by atoms with Crippen LogP contribution in [0.1, 0.15) is 12.8 Å². The Kier molecular flexibility index (Phi) is 6.69. The molecular formula is C22H22BrN3O2S. The summed E-state index contributed by atoms with van der Waals surface area (Å²) in [6, 6.07) is 18.1. The molecule has 1 fully saturated rings. The third-order valence-electron chi connectivity index (χ3n) is 4.74. The van der Waals surface area contributed by atoms with Crippen LogP contribution in [0.15, 0.2) is 64.1 Å². The predicted molar refractivity (Wildman–Crippen MR) is 120 cm³/mol. The quantitative estimate of drug-likeness (QED) is 0.481. The number of thioether (sulfide) groups is 1. The van der Waals surface area contributed by atoms with E-state index in [0.29, 0.717) is 12.3 Å². The van der Waals surface area contributed by atoms with E-state index in [9.17, 15) is 4.79 Å². The standard InChI is InChI=1S/C22H22BrN3O2S/c23-17-10-8-16(9-11-17)21-25-20(15-5-2-1-3-6-15)22(26-21)29-14-19(27)24-13-18-7-4-12-28-18/h1-3,5-6,8-11,18H,4,7,12-14H2,(H,24,27)(H,25,26)/t18-/m0/s1. The van der Waals surface area contributed by atoms with Crippen molar-refractivity contribution < 1.29 is 9.53 Å². The molecule has 2 heterocycles. The summed E-state index contributed by atoms with van der Waals surface area (Å²) in [4.78, 5) is 20.5. The van der Waals surface area contributed by atoms with Gasteiger partial charge in [-0.25, -0.2) is 4.98 Å². The number of aromatic nitrogens is 2. The molecule has 0 bridgehead atoms. The van der Waals surface area contributed by atoms with Crippen molar-refractivity contribution in [3.05, 3.63) is 59.1 Å². The summed E-state index contributed by atoms with van der Waals surface area (Å²) >= 11 is 4.91. The van der Waals surface area contributed by atoms with Gasteiger partial charge in [-0.2, -0.15) is 0 Å². The SMILES string of the molecule is O=C(CSc1nc(-c2ccc(Br)cc2)[nH]c1-c1ccccc1)NC[C@@H]1CCCO1. The van der Waals surface area contributed by atoms with Crippen LogP contribution < -0.4 is 5.32 Å². The summed E-state index contributed by atoms with van der Waals surface area (Å²) in [5, 5.41) is 3.79. The van der Waals surface area contributed by atoms with Crippen molar-refractivity contribution >= 4 is 33.6 Å². The van der Waals surface area contributed by atoms with Crippen molar-refractivity contribution in [2.75, 3.05) is 18.9 Å².